The van der Waals surface area contributed by atoms with Gasteiger partial charge in [0.1, 0.15) is 12.1 Å². The van der Waals surface area contributed by atoms with Crippen molar-refractivity contribution in [3.63, 3.8) is 0 Å². The second-order valence-electron chi connectivity index (χ2n) is 5.14. The summed E-state index contributed by atoms with van der Waals surface area (Å²) in [4.78, 5) is 8.37. The first-order chi connectivity index (χ1) is 9.81. The Morgan fingerprint density at radius 2 is 2.05 bits per heavy atom. The van der Waals surface area contributed by atoms with E-state index in [0.717, 1.165) is 24.5 Å². The first kappa shape index (κ1) is 15.0. The van der Waals surface area contributed by atoms with E-state index in [9.17, 15) is 0 Å². The highest BCUT2D eigenvalue weighted by molar-refractivity contribution is 5.47. The van der Waals surface area contributed by atoms with Gasteiger partial charge in [-0.05, 0) is 26.7 Å². The molecule has 0 atom stereocenters. The lowest BCUT2D eigenvalue weighted by Gasteiger charge is -2.22. The molecule has 1 aromatic heterocycles. The summed E-state index contributed by atoms with van der Waals surface area (Å²) in [6, 6.07) is 0. The predicted molar refractivity (Wildman–Crippen MR) is 79.3 cm³/mol. The Labute approximate surface area is 121 Å². The lowest BCUT2D eigenvalue weighted by molar-refractivity contribution is 0.0347. The van der Waals surface area contributed by atoms with Crippen LogP contribution in [0.25, 0.3) is 0 Å². The molecule has 1 aliphatic carbocycles. The summed E-state index contributed by atoms with van der Waals surface area (Å²) >= 11 is 0. The van der Waals surface area contributed by atoms with E-state index >= 15 is 0 Å². The second kappa shape index (κ2) is 8.04. The first-order valence-corrected chi connectivity index (χ1v) is 7.61. The van der Waals surface area contributed by atoms with E-state index in [4.69, 9.17) is 9.47 Å². The quantitative estimate of drug-likeness (QED) is 0.778. The van der Waals surface area contributed by atoms with Gasteiger partial charge >= 0.3 is 0 Å². The van der Waals surface area contributed by atoms with Crippen molar-refractivity contribution in [3.05, 3.63) is 11.9 Å². The minimum atomic E-state index is 0.455. The van der Waals surface area contributed by atoms with Crippen molar-refractivity contribution in [2.24, 2.45) is 0 Å². The maximum atomic E-state index is 5.89. The lowest BCUT2D eigenvalue weighted by Crippen LogP contribution is -2.21. The minimum absolute atomic E-state index is 0.455. The van der Waals surface area contributed by atoms with Crippen LogP contribution >= 0.6 is 0 Å². The maximum Gasteiger partial charge on any atom is 0.221 e. The molecule has 0 unspecified atom stereocenters. The summed E-state index contributed by atoms with van der Waals surface area (Å²) in [5, 5.41) is 3.30. The molecule has 1 heterocycles. The Balaban J connectivity index is 1.74. The summed E-state index contributed by atoms with van der Waals surface area (Å²) in [7, 11) is 0. The minimum Gasteiger partial charge on any atom is -0.478 e. The normalized spacial score (nSPS) is 16.1. The smallest absolute Gasteiger partial charge is 0.221 e. The van der Waals surface area contributed by atoms with Gasteiger partial charge in [-0.1, -0.05) is 19.3 Å². The average Bonchev–Trinajstić information content (AvgIpc) is 2.48. The van der Waals surface area contributed by atoms with Crippen molar-refractivity contribution in [1.82, 2.24) is 9.97 Å². The molecule has 0 saturated heterocycles. The molecule has 5 heteroatoms. The third-order valence-corrected chi connectivity index (χ3v) is 3.62. The Kier molecular flexibility index (Phi) is 6.05. The molecule has 0 radical (unpaired) electrons. The van der Waals surface area contributed by atoms with Crippen LogP contribution < -0.4 is 10.1 Å². The van der Waals surface area contributed by atoms with Crippen molar-refractivity contribution in [2.45, 2.75) is 52.1 Å². The van der Waals surface area contributed by atoms with Crippen LogP contribution in [-0.2, 0) is 4.74 Å². The number of nitrogens with zero attached hydrogens (tertiary/aromatic N) is 2. The summed E-state index contributed by atoms with van der Waals surface area (Å²) in [6.45, 7) is 6.02. The Morgan fingerprint density at radius 3 is 2.80 bits per heavy atom. The van der Waals surface area contributed by atoms with Crippen LogP contribution in [0, 0.1) is 6.92 Å². The molecule has 5 nitrogen and oxygen atoms in total. The van der Waals surface area contributed by atoms with Crippen LogP contribution in [0.5, 0.6) is 5.88 Å². The number of nitrogens with one attached hydrogen (secondary N) is 1. The van der Waals surface area contributed by atoms with E-state index in [1.165, 1.54) is 38.4 Å². The van der Waals surface area contributed by atoms with Gasteiger partial charge in [0.2, 0.25) is 5.88 Å². The van der Waals surface area contributed by atoms with Gasteiger partial charge in [0.25, 0.3) is 0 Å². The van der Waals surface area contributed by atoms with E-state index in [-0.39, 0.29) is 0 Å². The zero-order chi connectivity index (χ0) is 14.2. The average molecular weight is 279 g/mol. The van der Waals surface area contributed by atoms with Gasteiger partial charge in [-0.25, -0.2) is 9.97 Å². The molecule has 1 aliphatic rings. The Hall–Kier alpha value is -1.36. The zero-order valence-electron chi connectivity index (χ0n) is 12.5. The third-order valence-electron chi connectivity index (χ3n) is 3.62. The molecule has 112 valence electrons. The molecule has 0 spiro atoms. The van der Waals surface area contributed by atoms with Crippen LogP contribution in [0.1, 0.15) is 44.6 Å². The summed E-state index contributed by atoms with van der Waals surface area (Å²) in [5.74, 6) is 1.48. The first-order valence-electron chi connectivity index (χ1n) is 7.61. The van der Waals surface area contributed by atoms with Crippen molar-refractivity contribution >= 4 is 5.82 Å². The SMILES string of the molecule is CCOc1ncnc(NCCOC2CCCCC2)c1C. The highest BCUT2D eigenvalue weighted by Gasteiger charge is 2.13. The fourth-order valence-corrected chi connectivity index (χ4v) is 2.52. The molecule has 0 aromatic carbocycles. The van der Waals surface area contributed by atoms with Crippen molar-refractivity contribution in [2.75, 3.05) is 25.1 Å². The number of hydrogen-bond acceptors (Lipinski definition) is 5. The molecule has 0 bridgehead atoms. The molecule has 1 saturated carbocycles. The van der Waals surface area contributed by atoms with E-state index in [0.29, 0.717) is 18.6 Å². The molecule has 0 amide bonds. The highest BCUT2D eigenvalue weighted by atomic mass is 16.5. The fraction of sp³-hybridized carbons (Fsp3) is 0.733. The number of hydrogen-bond donors (Lipinski definition) is 1. The van der Waals surface area contributed by atoms with Crippen molar-refractivity contribution in [3.8, 4) is 5.88 Å². The number of anilines is 1. The largest absolute Gasteiger partial charge is 0.478 e. The molecular weight excluding hydrogens is 254 g/mol. The Bertz CT molecular complexity index is 406. The third kappa shape index (κ3) is 4.34. The monoisotopic (exact) mass is 279 g/mol. The molecule has 1 aromatic rings. The second-order valence-corrected chi connectivity index (χ2v) is 5.14. The Morgan fingerprint density at radius 1 is 1.25 bits per heavy atom. The van der Waals surface area contributed by atoms with Crippen LogP contribution in [0.4, 0.5) is 5.82 Å². The van der Waals surface area contributed by atoms with Gasteiger partial charge in [-0.2, -0.15) is 0 Å². The van der Waals surface area contributed by atoms with Crippen LogP contribution in [-0.4, -0.2) is 35.8 Å². The molecular formula is C15H25N3O2. The molecule has 1 N–H and O–H groups in total. The van der Waals surface area contributed by atoms with Crippen molar-refractivity contribution in [1.29, 1.82) is 0 Å². The highest BCUT2D eigenvalue weighted by Crippen LogP contribution is 2.21. The van der Waals surface area contributed by atoms with Gasteiger partial charge in [0.05, 0.1) is 24.9 Å². The summed E-state index contributed by atoms with van der Waals surface area (Å²) in [6.07, 6.45) is 8.38. The number of ether oxygens (including phenoxy) is 2. The maximum absolute atomic E-state index is 5.89. The molecule has 20 heavy (non-hydrogen) atoms. The molecule has 2 rings (SSSR count). The fourth-order valence-electron chi connectivity index (χ4n) is 2.52. The van der Waals surface area contributed by atoms with E-state index in [1.807, 2.05) is 13.8 Å². The van der Waals surface area contributed by atoms with Gasteiger partial charge in [-0.3, -0.25) is 0 Å². The van der Waals surface area contributed by atoms with Crippen molar-refractivity contribution < 1.29 is 9.47 Å². The van der Waals surface area contributed by atoms with Gasteiger partial charge in [0, 0.05) is 6.54 Å². The van der Waals surface area contributed by atoms with E-state index in [1.54, 1.807) is 0 Å². The number of aromatic nitrogens is 2. The van der Waals surface area contributed by atoms with Gasteiger partial charge in [0.15, 0.2) is 0 Å². The van der Waals surface area contributed by atoms with E-state index in [2.05, 4.69) is 15.3 Å². The lowest BCUT2D eigenvalue weighted by atomic mass is 9.98. The van der Waals surface area contributed by atoms with Crippen LogP contribution in [0.2, 0.25) is 0 Å². The molecule has 0 aliphatic heterocycles. The van der Waals surface area contributed by atoms with Crippen LogP contribution in [0.15, 0.2) is 6.33 Å². The van der Waals surface area contributed by atoms with Gasteiger partial charge in [-0.15, -0.1) is 0 Å². The summed E-state index contributed by atoms with van der Waals surface area (Å²) < 4.78 is 11.3. The van der Waals surface area contributed by atoms with E-state index < -0.39 is 0 Å². The topological polar surface area (TPSA) is 56.3 Å². The summed E-state index contributed by atoms with van der Waals surface area (Å²) in [5.41, 5.74) is 0.951. The standard InChI is InChI=1S/C15H25N3O2/c1-3-19-15-12(2)14(17-11-18-15)16-9-10-20-13-7-5-4-6-8-13/h11,13H,3-10H2,1-2H3,(H,16,17,18). The predicted octanol–water partition coefficient (Wildman–Crippen LogP) is 2.94. The van der Waals surface area contributed by atoms with Crippen LogP contribution in [0.3, 0.4) is 0 Å². The molecule has 1 fully saturated rings. The zero-order valence-corrected chi connectivity index (χ0v) is 12.5. The van der Waals surface area contributed by atoms with Gasteiger partial charge < -0.3 is 14.8 Å². The number of rotatable bonds is 7.